The molecule has 0 radical (unpaired) electrons. The zero-order valence-electron chi connectivity index (χ0n) is 9.69. The van der Waals surface area contributed by atoms with Crippen LogP contribution in [0.25, 0.3) is 0 Å². The molecule has 1 heterocycles. The molecule has 86 valence electrons. The number of anilines is 1. The minimum absolute atomic E-state index is 0.814. The fourth-order valence-electron chi connectivity index (χ4n) is 2.49. The third kappa shape index (κ3) is 1.94. The fraction of sp³-hybridized carbons (Fsp3) is 0.571. The first-order valence-corrected chi connectivity index (χ1v) is 6.42. The Kier molecular flexibility index (Phi) is 2.83. The lowest BCUT2D eigenvalue weighted by molar-refractivity contribution is 0.0492. The molecule has 1 aliphatic heterocycles. The van der Waals surface area contributed by atoms with Crippen molar-refractivity contribution in [1.82, 2.24) is 0 Å². The molecular formula is C14H19NO. The van der Waals surface area contributed by atoms with Crippen molar-refractivity contribution < 1.29 is 4.84 Å². The van der Waals surface area contributed by atoms with Gasteiger partial charge >= 0.3 is 0 Å². The van der Waals surface area contributed by atoms with E-state index in [1.54, 1.807) is 0 Å². The standard InChI is InChI=1S/C14H19NO/c1-2-9-14-13(7-1)8-4-10-15(14)16-11-12-5-3-6-12/h1-2,7,9,12H,3-6,8,10-11H2. The lowest BCUT2D eigenvalue weighted by Crippen LogP contribution is -2.32. The molecule has 2 nitrogen and oxygen atoms in total. The van der Waals surface area contributed by atoms with Crippen LogP contribution in [0.5, 0.6) is 0 Å². The van der Waals surface area contributed by atoms with Crippen molar-refractivity contribution in [2.45, 2.75) is 32.1 Å². The van der Waals surface area contributed by atoms with Crippen molar-refractivity contribution in [3.05, 3.63) is 29.8 Å². The van der Waals surface area contributed by atoms with Gasteiger partial charge in [-0.3, -0.25) is 9.90 Å². The predicted octanol–water partition coefficient (Wildman–Crippen LogP) is 3.17. The lowest BCUT2D eigenvalue weighted by atomic mass is 9.86. The monoisotopic (exact) mass is 217 g/mol. The largest absolute Gasteiger partial charge is 0.273 e. The molecule has 0 unspecified atom stereocenters. The Hall–Kier alpha value is -1.02. The van der Waals surface area contributed by atoms with Crippen LogP contribution in [0.4, 0.5) is 5.69 Å². The summed E-state index contributed by atoms with van der Waals surface area (Å²) >= 11 is 0. The number of rotatable bonds is 3. The summed E-state index contributed by atoms with van der Waals surface area (Å²) in [5, 5.41) is 2.11. The minimum atomic E-state index is 0.814. The second-order valence-corrected chi connectivity index (χ2v) is 4.93. The van der Waals surface area contributed by atoms with E-state index >= 15 is 0 Å². The predicted molar refractivity (Wildman–Crippen MR) is 65.4 cm³/mol. The molecular weight excluding hydrogens is 198 g/mol. The van der Waals surface area contributed by atoms with Gasteiger partial charge in [-0.05, 0) is 43.2 Å². The van der Waals surface area contributed by atoms with Crippen molar-refractivity contribution in [3.63, 3.8) is 0 Å². The van der Waals surface area contributed by atoms with Gasteiger partial charge in [0.05, 0.1) is 12.3 Å². The van der Waals surface area contributed by atoms with Gasteiger partial charge in [0.15, 0.2) is 0 Å². The van der Waals surface area contributed by atoms with E-state index in [-0.39, 0.29) is 0 Å². The van der Waals surface area contributed by atoms with Crippen LogP contribution >= 0.6 is 0 Å². The molecule has 1 aliphatic carbocycles. The van der Waals surface area contributed by atoms with Crippen molar-refractivity contribution in [2.75, 3.05) is 18.2 Å². The average molecular weight is 217 g/mol. The van der Waals surface area contributed by atoms with Crippen LogP contribution in [-0.4, -0.2) is 13.2 Å². The second kappa shape index (κ2) is 4.46. The smallest absolute Gasteiger partial charge is 0.0776 e. The molecule has 0 bridgehead atoms. The second-order valence-electron chi connectivity index (χ2n) is 4.93. The van der Waals surface area contributed by atoms with Gasteiger partial charge in [-0.1, -0.05) is 24.6 Å². The van der Waals surface area contributed by atoms with Crippen molar-refractivity contribution in [1.29, 1.82) is 0 Å². The van der Waals surface area contributed by atoms with Crippen LogP contribution in [0.15, 0.2) is 24.3 Å². The topological polar surface area (TPSA) is 12.5 Å². The van der Waals surface area contributed by atoms with Crippen molar-refractivity contribution in [3.8, 4) is 0 Å². The highest BCUT2D eigenvalue weighted by Crippen LogP contribution is 2.30. The van der Waals surface area contributed by atoms with Gasteiger partial charge in [-0.25, -0.2) is 0 Å². The Bertz CT molecular complexity index is 360. The van der Waals surface area contributed by atoms with E-state index in [2.05, 4.69) is 29.3 Å². The Morgan fingerprint density at radius 1 is 1.19 bits per heavy atom. The van der Waals surface area contributed by atoms with Crippen LogP contribution in [0.3, 0.4) is 0 Å². The van der Waals surface area contributed by atoms with Gasteiger partial charge in [0.1, 0.15) is 0 Å². The van der Waals surface area contributed by atoms with Crippen LogP contribution in [0.2, 0.25) is 0 Å². The molecule has 0 N–H and O–H groups in total. The number of hydroxylamine groups is 1. The molecule has 0 atom stereocenters. The summed E-state index contributed by atoms with van der Waals surface area (Å²) in [7, 11) is 0. The van der Waals surface area contributed by atoms with Gasteiger partial charge in [-0.15, -0.1) is 0 Å². The SMILES string of the molecule is c1ccc2c(c1)CCCN2OCC1CCC1. The van der Waals surface area contributed by atoms with Crippen LogP contribution in [-0.2, 0) is 11.3 Å². The van der Waals surface area contributed by atoms with E-state index in [1.807, 2.05) is 0 Å². The highest BCUT2D eigenvalue weighted by atomic mass is 16.7. The summed E-state index contributed by atoms with van der Waals surface area (Å²) in [5.74, 6) is 0.814. The molecule has 1 aromatic carbocycles. The van der Waals surface area contributed by atoms with E-state index in [1.165, 1.54) is 43.4 Å². The van der Waals surface area contributed by atoms with E-state index in [0.29, 0.717) is 0 Å². The number of para-hydroxylation sites is 1. The third-order valence-corrected chi connectivity index (χ3v) is 3.76. The maximum atomic E-state index is 5.95. The lowest BCUT2D eigenvalue weighted by Gasteiger charge is -2.33. The molecule has 1 saturated carbocycles. The van der Waals surface area contributed by atoms with Gasteiger partial charge in [0, 0.05) is 6.54 Å². The van der Waals surface area contributed by atoms with Crippen molar-refractivity contribution >= 4 is 5.69 Å². The molecule has 2 heteroatoms. The molecule has 1 fully saturated rings. The first-order chi connectivity index (χ1) is 7.93. The molecule has 0 aromatic heterocycles. The molecule has 2 aliphatic rings. The average Bonchev–Trinajstić information content (AvgIpc) is 2.27. The summed E-state index contributed by atoms with van der Waals surface area (Å²) < 4.78 is 0. The van der Waals surface area contributed by atoms with E-state index in [9.17, 15) is 0 Å². The number of benzene rings is 1. The van der Waals surface area contributed by atoms with Crippen LogP contribution < -0.4 is 5.06 Å². The molecule has 0 saturated heterocycles. The molecule has 0 amide bonds. The first kappa shape index (κ1) is 10.2. The maximum Gasteiger partial charge on any atom is 0.0776 e. The van der Waals surface area contributed by atoms with Gasteiger partial charge < -0.3 is 0 Å². The normalized spacial score (nSPS) is 20.4. The molecule has 0 spiro atoms. The van der Waals surface area contributed by atoms with Gasteiger partial charge in [0.2, 0.25) is 0 Å². The van der Waals surface area contributed by atoms with Gasteiger partial charge in [-0.2, -0.15) is 0 Å². The summed E-state index contributed by atoms with van der Waals surface area (Å²) in [6.45, 7) is 1.96. The highest BCUT2D eigenvalue weighted by molar-refractivity contribution is 5.53. The maximum absolute atomic E-state index is 5.95. The molecule has 3 rings (SSSR count). The number of hydrogen-bond acceptors (Lipinski definition) is 2. The summed E-state index contributed by atoms with van der Waals surface area (Å²) in [5.41, 5.74) is 2.72. The number of nitrogens with zero attached hydrogens (tertiary/aromatic N) is 1. The number of aryl methyl sites for hydroxylation is 1. The zero-order valence-corrected chi connectivity index (χ0v) is 9.69. The van der Waals surface area contributed by atoms with Crippen LogP contribution in [0.1, 0.15) is 31.2 Å². The van der Waals surface area contributed by atoms with E-state index in [0.717, 1.165) is 19.1 Å². The fourth-order valence-corrected chi connectivity index (χ4v) is 2.49. The highest BCUT2D eigenvalue weighted by Gasteiger charge is 2.21. The van der Waals surface area contributed by atoms with E-state index in [4.69, 9.17) is 4.84 Å². The Labute approximate surface area is 97.2 Å². The minimum Gasteiger partial charge on any atom is -0.273 e. The Morgan fingerprint density at radius 3 is 2.88 bits per heavy atom. The Balaban J connectivity index is 1.66. The first-order valence-electron chi connectivity index (χ1n) is 6.42. The van der Waals surface area contributed by atoms with Crippen LogP contribution in [0, 0.1) is 5.92 Å². The summed E-state index contributed by atoms with van der Waals surface area (Å²) in [6.07, 6.45) is 6.51. The molecule has 16 heavy (non-hydrogen) atoms. The number of fused-ring (bicyclic) bond motifs is 1. The Morgan fingerprint density at radius 2 is 2.06 bits per heavy atom. The summed E-state index contributed by atoms with van der Waals surface area (Å²) in [4.78, 5) is 5.95. The third-order valence-electron chi connectivity index (χ3n) is 3.76. The number of hydrogen-bond donors (Lipinski definition) is 0. The van der Waals surface area contributed by atoms with E-state index < -0.39 is 0 Å². The van der Waals surface area contributed by atoms with Gasteiger partial charge in [0.25, 0.3) is 0 Å². The quantitative estimate of drug-likeness (QED) is 0.771. The van der Waals surface area contributed by atoms with Crippen molar-refractivity contribution in [2.24, 2.45) is 5.92 Å². The zero-order chi connectivity index (χ0) is 10.8. The molecule has 1 aromatic rings. The summed E-state index contributed by atoms with van der Waals surface area (Å²) in [6, 6.07) is 8.61.